The van der Waals surface area contributed by atoms with Gasteiger partial charge in [0.15, 0.2) is 0 Å². The number of aromatic nitrogens is 3. The number of hydrogen-bond donors (Lipinski definition) is 1. The van der Waals surface area contributed by atoms with E-state index in [1.165, 1.54) is 38.9 Å². The van der Waals surface area contributed by atoms with Crippen molar-refractivity contribution in [1.29, 1.82) is 0 Å². The molecule has 9 aromatic rings. The summed E-state index contributed by atoms with van der Waals surface area (Å²) >= 11 is 0. The van der Waals surface area contributed by atoms with Crippen molar-refractivity contribution >= 4 is 11.0 Å². The van der Waals surface area contributed by atoms with Crippen LogP contribution in [-0.2, 0) is 32.9 Å². The number of nitrogens with zero attached hydrogens (tertiary/aromatic N) is 3. The molecule has 0 aliphatic carbocycles. The molecule has 0 radical (unpaired) electrons. The zero-order chi connectivity index (χ0) is 46.3. The number of phenols is 1. The van der Waals surface area contributed by atoms with Crippen molar-refractivity contribution in [3.05, 3.63) is 192 Å². The van der Waals surface area contributed by atoms with Crippen LogP contribution in [0.15, 0.2) is 164 Å². The Morgan fingerprint density at radius 3 is 1.87 bits per heavy atom. The molecule has 2 heterocycles. The van der Waals surface area contributed by atoms with Crippen molar-refractivity contribution in [2.75, 3.05) is 0 Å². The number of aromatic hydroxyl groups is 1. The largest absolute Gasteiger partial charge is 0.507 e. The van der Waals surface area contributed by atoms with Gasteiger partial charge in [-0.05, 0) is 110 Å². The van der Waals surface area contributed by atoms with Crippen LogP contribution in [-0.4, -0.2) is 19.6 Å². The van der Waals surface area contributed by atoms with Crippen LogP contribution in [0.5, 0.6) is 5.75 Å². The molecule has 340 valence electrons. The SMILES string of the molecule is CC(C)Cc1cc(-n2c(-c3cc(C(C)C)cc(C(C)C)c3O)nc3c(-c4[c-]c(-c5cc(-c6ccc(-c7ccccc7)cc6)ccn5)cc(C(C)(C)C)c4)cccc32)ccc1-c1ccccc1.[Pt]. The molecular weight excluding hydrogens is 998 g/mol. The number of phenolic OH excluding ortho intramolecular Hbond substituents is 1. The predicted octanol–water partition coefficient (Wildman–Crippen LogP) is 16.7. The minimum Gasteiger partial charge on any atom is -0.507 e. The Kier molecular flexibility index (Phi) is 13.7. The predicted molar refractivity (Wildman–Crippen MR) is 277 cm³/mol. The third-order valence-electron chi connectivity index (χ3n) is 12.8. The third kappa shape index (κ3) is 9.74. The fraction of sp³-hybridized carbons (Fsp3) is 0.226. The zero-order valence-corrected chi connectivity index (χ0v) is 42.4. The Labute approximate surface area is 412 Å². The first kappa shape index (κ1) is 47.2. The van der Waals surface area contributed by atoms with Crippen LogP contribution < -0.4 is 0 Å². The average molecular weight is 1060 g/mol. The maximum Gasteiger partial charge on any atom is 0.148 e. The number of rotatable bonds is 11. The van der Waals surface area contributed by atoms with Crippen LogP contribution in [0.1, 0.15) is 96.4 Å². The molecule has 0 saturated heterocycles. The van der Waals surface area contributed by atoms with E-state index in [2.05, 4.69) is 225 Å². The summed E-state index contributed by atoms with van der Waals surface area (Å²) in [5.74, 6) is 1.81. The molecule has 7 aromatic carbocycles. The van der Waals surface area contributed by atoms with Crippen LogP contribution >= 0.6 is 0 Å². The van der Waals surface area contributed by atoms with Gasteiger partial charge in [-0.2, -0.15) is 0 Å². The van der Waals surface area contributed by atoms with Gasteiger partial charge in [0, 0.05) is 38.6 Å². The summed E-state index contributed by atoms with van der Waals surface area (Å²) in [6, 6.07) is 60.1. The first-order valence-electron chi connectivity index (χ1n) is 23.5. The van der Waals surface area contributed by atoms with Gasteiger partial charge in [-0.15, -0.1) is 29.3 Å². The van der Waals surface area contributed by atoms with Gasteiger partial charge < -0.3 is 5.11 Å². The topological polar surface area (TPSA) is 50.9 Å². The fourth-order valence-corrected chi connectivity index (χ4v) is 9.14. The Hall–Kier alpha value is -6.35. The van der Waals surface area contributed by atoms with E-state index in [0.29, 0.717) is 11.7 Å². The molecule has 0 atom stereocenters. The second-order valence-corrected chi connectivity index (χ2v) is 19.9. The van der Waals surface area contributed by atoms with Crippen molar-refractivity contribution in [2.45, 2.75) is 86.0 Å². The van der Waals surface area contributed by atoms with E-state index in [4.69, 9.17) is 9.97 Å². The van der Waals surface area contributed by atoms with Gasteiger partial charge in [-0.1, -0.05) is 189 Å². The summed E-state index contributed by atoms with van der Waals surface area (Å²) < 4.78 is 2.27. The molecule has 0 amide bonds. The van der Waals surface area contributed by atoms with Crippen LogP contribution in [0.2, 0.25) is 0 Å². The van der Waals surface area contributed by atoms with E-state index in [9.17, 15) is 5.11 Å². The van der Waals surface area contributed by atoms with Crippen molar-refractivity contribution in [1.82, 2.24) is 14.5 Å². The quantitative estimate of drug-likeness (QED) is 0.131. The van der Waals surface area contributed by atoms with Gasteiger partial charge in [0.25, 0.3) is 0 Å². The average Bonchev–Trinajstić information content (AvgIpc) is 3.71. The summed E-state index contributed by atoms with van der Waals surface area (Å²) in [5, 5.41) is 12.3. The van der Waals surface area contributed by atoms with Crippen molar-refractivity contribution in [3.8, 4) is 78.6 Å². The minimum atomic E-state index is -0.161. The molecule has 0 aliphatic rings. The normalized spacial score (nSPS) is 11.8. The van der Waals surface area contributed by atoms with Crippen LogP contribution in [0.4, 0.5) is 0 Å². The summed E-state index contributed by atoms with van der Waals surface area (Å²) in [6.45, 7) is 20.0. The standard InChI is InChI=1S/C62H60N3O.Pt/c1-39(2)31-48-35-52(27-28-53(48)45-19-14-11-15-20-45)65-58-22-16-21-54(59(58)64-61(65)56-37-47(40(3)4)36-55(41(5)6)60(56)66)49-32-50(34-51(33-49)62(7,8)9)57-38-46(29-30-63-57)44-25-23-43(24-26-44)42-17-12-10-13-18-42;/h10-30,33-41,66H,31H2,1-9H3;/q-1;. The summed E-state index contributed by atoms with van der Waals surface area (Å²) in [5.41, 5.74) is 18.7. The fourth-order valence-electron chi connectivity index (χ4n) is 9.14. The van der Waals surface area contributed by atoms with Crippen LogP contribution in [0.25, 0.3) is 83.9 Å². The van der Waals surface area contributed by atoms with Gasteiger partial charge in [-0.25, -0.2) is 4.98 Å². The second-order valence-electron chi connectivity index (χ2n) is 19.9. The Balaban J connectivity index is 0.00000608. The van der Waals surface area contributed by atoms with Gasteiger partial charge in [-0.3, -0.25) is 9.55 Å². The molecule has 0 fully saturated rings. The molecule has 1 N–H and O–H groups in total. The minimum absolute atomic E-state index is 0. The van der Waals surface area contributed by atoms with E-state index < -0.39 is 0 Å². The van der Waals surface area contributed by atoms with E-state index >= 15 is 0 Å². The molecule has 4 nitrogen and oxygen atoms in total. The molecule has 5 heteroatoms. The number of para-hydroxylation sites is 1. The summed E-state index contributed by atoms with van der Waals surface area (Å²) in [7, 11) is 0. The van der Waals surface area contributed by atoms with E-state index in [1.54, 1.807) is 0 Å². The smallest absolute Gasteiger partial charge is 0.148 e. The van der Waals surface area contributed by atoms with Crippen molar-refractivity contribution in [2.24, 2.45) is 5.92 Å². The van der Waals surface area contributed by atoms with E-state index in [-0.39, 0.29) is 44.1 Å². The van der Waals surface area contributed by atoms with Gasteiger partial charge in [0.05, 0.1) is 16.6 Å². The molecule has 0 unspecified atom stereocenters. The number of benzene rings is 7. The third-order valence-corrected chi connectivity index (χ3v) is 12.8. The molecule has 0 aliphatic heterocycles. The molecule has 67 heavy (non-hydrogen) atoms. The Morgan fingerprint density at radius 2 is 1.22 bits per heavy atom. The van der Waals surface area contributed by atoms with Crippen LogP contribution in [0.3, 0.4) is 0 Å². The van der Waals surface area contributed by atoms with Crippen molar-refractivity contribution in [3.63, 3.8) is 0 Å². The molecule has 9 rings (SSSR count). The van der Waals surface area contributed by atoms with Crippen LogP contribution in [0, 0.1) is 12.0 Å². The first-order chi connectivity index (χ1) is 31.7. The van der Waals surface area contributed by atoms with E-state index in [0.717, 1.165) is 67.8 Å². The molecular formula is C62H60N3OPt-. The Bertz CT molecular complexity index is 3180. The first-order valence-corrected chi connectivity index (χ1v) is 23.5. The maximum absolute atomic E-state index is 12.3. The second kappa shape index (κ2) is 19.5. The van der Waals surface area contributed by atoms with Gasteiger partial charge in [0.1, 0.15) is 11.6 Å². The molecule has 2 aromatic heterocycles. The maximum atomic E-state index is 12.3. The molecule has 0 bridgehead atoms. The number of imidazole rings is 1. The van der Waals surface area contributed by atoms with E-state index in [1.807, 2.05) is 12.3 Å². The number of hydrogen-bond acceptors (Lipinski definition) is 3. The molecule has 0 spiro atoms. The summed E-state index contributed by atoms with van der Waals surface area (Å²) in [4.78, 5) is 10.6. The number of fused-ring (bicyclic) bond motifs is 1. The monoisotopic (exact) mass is 1060 g/mol. The molecule has 0 saturated carbocycles. The van der Waals surface area contributed by atoms with Gasteiger partial charge >= 0.3 is 0 Å². The Morgan fingerprint density at radius 1 is 0.582 bits per heavy atom. The summed E-state index contributed by atoms with van der Waals surface area (Å²) in [6.07, 6.45) is 2.82. The van der Waals surface area contributed by atoms with Gasteiger partial charge in [0.2, 0.25) is 0 Å². The van der Waals surface area contributed by atoms with Crippen molar-refractivity contribution < 1.29 is 26.2 Å². The number of pyridine rings is 1. The zero-order valence-electron chi connectivity index (χ0n) is 40.1.